The molecule has 4 amide bonds. The molecule has 12 nitrogen and oxygen atoms in total. The van der Waals surface area contributed by atoms with Crippen LogP contribution in [0.4, 0.5) is 0 Å². The second kappa shape index (κ2) is 15.4. The predicted molar refractivity (Wildman–Crippen MR) is 177 cm³/mol. The van der Waals surface area contributed by atoms with Gasteiger partial charge in [-0.1, -0.05) is 45.0 Å². The van der Waals surface area contributed by atoms with E-state index in [0.717, 1.165) is 16.1 Å². The average molecular weight is 670 g/mol. The van der Waals surface area contributed by atoms with Gasteiger partial charge in [0.05, 0.1) is 47.2 Å². The van der Waals surface area contributed by atoms with E-state index < -0.39 is 41.5 Å². The molecule has 13 heteroatoms. The van der Waals surface area contributed by atoms with Crippen molar-refractivity contribution < 1.29 is 33.8 Å². The number of hydrogen-bond donors (Lipinski definition) is 3. The lowest BCUT2D eigenvalue weighted by atomic mass is 9.85. The molecule has 2 saturated heterocycles. The molecule has 2 aliphatic heterocycles. The van der Waals surface area contributed by atoms with Gasteiger partial charge in [-0.3, -0.25) is 24.0 Å². The molecule has 1 aromatic carbocycles. The first-order valence-electron chi connectivity index (χ1n) is 16.2. The summed E-state index contributed by atoms with van der Waals surface area (Å²) in [6.07, 6.45) is 0.0832. The van der Waals surface area contributed by atoms with Crippen LogP contribution in [0.2, 0.25) is 0 Å². The van der Waals surface area contributed by atoms with Crippen molar-refractivity contribution in [3.8, 4) is 10.4 Å². The molecule has 2 fully saturated rings. The van der Waals surface area contributed by atoms with Crippen molar-refractivity contribution in [2.45, 2.75) is 91.5 Å². The number of piperidine rings is 1. The molecule has 2 aliphatic rings. The van der Waals surface area contributed by atoms with Crippen LogP contribution in [0.3, 0.4) is 0 Å². The number of esters is 1. The first kappa shape index (κ1) is 36.0. The number of nitrogens with zero attached hydrogens (tertiary/aromatic N) is 3. The number of aromatic nitrogens is 1. The van der Waals surface area contributed by atoms with Gasteiger partial charge in [-0.25, -0.2) is 4.98 Å². The fraction of sp³-hybridized carbons (Fsp3) is 0.588. The van der Waals surface area contributed by atoms with Crippen molar-refractivity contribution >= 4 is 40.9 Å². The zero-order valence-electron chi connectivity index (χ0n) is 28.1. The predicted octanol–water partition coefficient (Wildman–Crippen LogP) is 2.98. The van der Waals surface area contributed by atoms with E-state index in [4.69, 9.17) is 4.74 Å². The van der Waals surface area contributed by atoms with Crippen LogP contribution < -0.4 is 10.6 Å². The normalized spacial score (nSPS) is 20.0. The Bertz CT molecular complexity index is 1450. The third kappa shape index (κ3) is 8.95. The van der Waals surface area contributed by atoms with Gasteiger partial charge in [-0.05, 0) is 43.2 Å². The van der Waals surface area contributed by atoms with Crippen LogP contribution in [0.15, 0.2) is 29.8 Å². The van der Waals surface area contributed by atoms with Crippen LogP contribution in [0.5, 0.6) is 0 Å². The molecule has 47 heavy (non-hydrogen) atoms. The molecule has 2 aromatic rings. The number of rotatable bonds is 10. The molecule has 1 aromatic heterocycles. The Morgan fingerprint density at radius 2 is 1.74 bits per heavy atom. The van der Waals surface area contributed by atoms with E-state index >= 15 is 0 Å². The Balaban J connectivity index is 1.55. The van der Waals surface area contributed by atoms with Crippen molar-refractivity contribution in [1.82, 2.24) is 25.4 Å². The number of ether oxygens (including phenoxy) is 1. The number of amides is 4. The van der Waals surface area contributed by atoms with E-state index in [0.29, 0.717) is 38.1 Å². The number of aryl methyl sites for hydroxylation is 1. The molecule has 0 spiro atoms. The Morgan fingerprint density at radius 3 is 2.30 bits per heavy atom. The van der Waals surface area contributed by atoms with Crippen LogP contribution in [0, 0.1) is 18.3 Å². The van der Waals surface area contributed by atoms with Crippen molar-refractivity contribution in [3.63, 3.8) is 0 Å². The lowest BCUT2D eigenvalue weighted by Crippen LogP contribution is -2.57. The summed E-state index contributed by atoms with van der Waals surface area (Å²) in [7, 11) is 0. The van der Waals surface area contributed by atoms with Gasteiger partial charge in [0.15, 0.2) is 0 Å². The summed E-state index contributed by atoms with van der Waals surface area (Å²) >= 11 is 1.53. The highest BCUT2D eigenvalue weighted by atomic mass is 32.1. The van der Waals surface area contributed by atoms with Crippen molar-refractivity contribution in [3.05, 3.63) is 41.0 Å². The molecule has 0 unspecified atom stereocenters. The lowest BCUT2D eigenvalue weighted by molar-refractivity contribution is -0.151. The molecular formula is C34H47N5O7S. The summed E-state index contributed by atoms with van der Waals surface area (Å²) in [5.74, 6) is -1.98. The lowest BCUT2D eigenvalue weighted by Gasteiger charge is -2.35. The quantitative estimate of drug-likeness (QED) is 0.326. The maximum atomic E-state index is 13.9. The Kier molecular flexibility index (Phi) is 11.8. The highest BCUT2D eigenvalue weighted by molar-refractivity contribution is 7.13. The molecule has 3 N–H and O–H groups in total. The van der Waals surface area contributed by atoms with Gasteiger partial charge >= 0.3 is 5.97 Å². The largest absolute Gasteiger partial charge is 0.466 e. The van der Waals surface area contributed by atoms with E-state index in [2.05, 4.69) is 15.6 Å². The van der Waals surface area contributed by atoms with Crippen LogP contribution in [0.1, 0.15) is 77.6 Å². The third-order valence-corrected chi connectivity index (χ3v) is 9.79. The van der Waals surface area contributed by atoms with Gasteiger partial charge in [-0.15, -0.1) is 11.3 Å². The van der Waals surface area contributed by atoms with Crippen molar-refractivity contribution in [2.75, 3.05) is 26.2 Å². The number of hydrogen-bond acceptors (Lipinski definition) is 9. The number of benzene rings is 1. The third-order valence-electron chi connectivity index (χ3n) is 8.81. The minimum atomic E-state index is -0.992. The molecule has 4 atom stereocenters. The molecule has 0 saturated carbocycles. The highest BCUT2D eigenvalue weighted by Gasteiger charge is 2.45. The van der Waals surface area contributed by atoms with E-state index in [-0.39, 0.29) is 43.1 Å². The minimum absolute atomic E-state index is 0.0279. The maximum Gasteiger partial charge on any atom is 0.309 e. The zero-order valence-corrected chi connectivity index (χ0v) is 28.9. The number of thiazole rings is 1. The molecule has 3 heterocycles. The van der Waals surface area contributed by atoms with Crippen LogP contribution in [-0.2, 0) is 28.7 Å². The fourth-order valence-electron chi connectivity index (χ4n) is 6.22. The average Bonchev–Trinajstić information content (AvgIpc) is 3.64. The minimum Gasteiger partial charge on any atom is -0.466 e. The Labute approximate surface area is 280 Å². The summed E-state index contributed by atoms with van der Waals surface area (Å²) in [6, 6.07) is 4.99. The second-order valence-electron chi connectivity index (χ2n) is 13.5. The molecule has 256 valence electrons. The maximum absolute atomic E-state index is 13.9. The first-order chi connectivity index (χ1) is 22.2. The molecular weight excluding hydrogens is 622 g/mol. The molecule has 0 radical (unpaired) electrons. The van der Waals surface area contributed by atoms with E-state index in [1.54, 1.807) is 17.3 Å². The molecule has 4 rings (SSSR count). The number of likely N-dealkylation sites (tertiary alicyclic amines) is 2. The van der Waals surface area contributed by atoms with Gasteiger partial charge in [0.25, 0.3) is 0 Å². The van der Waals surface area contributed by atoms with E-state index in [1.165, 1.54) is 23.2 Å². The van der Waals surface area contributed by atoms with E-state index in [9.17, 15) is 29.1 Å². The summed E-state index contributed by atoms with van der Waals surface area (Å²) in [4.78, 5) is 73.9. The number of nitrogens with one attached hydrogen (secondary N) is 2. The monoisotopic (exact) mass is 669 g/mol. The number of carbonyl (C=O) groups excluding carboxylic acids is 5. The Hall–Kier alpha value is -3.84. The van der Waals surface area contributed by atoms with Crippen LogP contribution in [-0.4, -0.2) is 93.9 Å². The highest BCUT2D eigenvalue weighted by Crippen LogP contribution is 2.31. The number of aliphatic hydroxyl groups is 1. The number of aliphatic hydroxyl groups excluding tert-OH is 1. The SMILES string of the molecule is CCOC(=O)C1CCN(C(=O)C[C@H](NC(=O)[C@@H]2C[C@@H](O)CN2C(=O)[C@@H](NC(C)=O)C(C)(C)C)c2ccc(-c3scnc3C)cc2)CC1. The number of carbonyl (C=O) groups is 5. The van der Waals surface area contributed by atoms with Gasteiger partial charge < -0.3 is 30.3 Å². The van der Waals surface area contributed by atoms with Crippen molar-refractivity contribution in [1.29, 1.82) is 0 Å². The Morgan fingerprint density at radius 1 is 1.09 bits per heavy atom. The fourth-order valence-corrected chi connectivity index (χ4v) is 7.03. The summed E-state index contributed by atoms with van der Waals surface area (Å²) in [5, 5.41) is 16.3. The summed E-state index contributed by atoms with van der Waals surface area (Å²) in [6.45, 7) is 11.6. The van der Waals surface area contributed by atoms with Gasteiger partial charge in [-0.2, -0.15) is 0 Å². The summed E-state index contributed by atoms with van der Waals surface area (Å²) in [5.41, 5.74) is 3.72. The van der Waals surface area contributed by atoms with E-state index in [1.807, 2.05) is 52.0 Å². The first-order valence-corrected chi connectivity index (χ1v) is 17.1. The van der Waals surface area contributed by atoms with Crippen LogP contribution >= 0.6 is 11.3 Å². The van der Waals surface area contributed by atoms with Gasteiger partial charge in [0.1, 0.15) is 12.1 Å². The van der Waals surface area contributed by atoms with Crippen LogP contribution in [0.25, 0.3) is 10.4 Å². The smallest absolute Gasteiger partial charge is 0.309 e. The topological polar surface area (TPSA) is 158 Å². The van der Waals surface area contributed by atoms with Gasteiger partial charge in [0.2, 0.25) is 23.6 Å². The summed E-state index contributed by atoms with van der Waals surface area (Å²) < 4.78 is 5.16. The molecule has 0 aliphatic carbocycles. The second-order valence-corrected chi connectivity index (χ2v) is 14.3. The van der Waals surface area contributed by atoms with Crippen molar-refractivity contribution in [2.24, 2.45) is 11.3 Å². The van der Waals surface area contributed by atoms with Gasteiger partial charge in [0, 0.05) is 33.0 Å². The number of β-amino-alcohol motifs (C(OH)–C–C–N with tert-alkyl or cyclic N) is 1. The standard InChI is InChI=1S/C34H47N5O7S/c1-7-46-33(45)24-12-14-38(15-13-24)28(42)17-26(22-8-10-23(11-9-22)29-20(2)35-19-47-29)37-31(43)27-16-25(41)18-39(27)32(44)30(34(4,5)6)36-21(3)40/h8-11,19,24-27,30,41H,7,12-18H2,1-6H3,(H,36,40)(H,37,43)/t25-,26+,27+,30-/m1/s1. The molecule has 0 bridgehead atoms. The zero-order chi connectivity index (χ0) is 34.5.